The van der Waals surface area contributed by atoms with Gasteiger partial charge in [-0.3, -0.25) is 0 Å². The van der Waals surface area contributed by atoms with Gasteiger partial charge in [-0.05, 0) is 50.3 Å². The molecule has 0 atom stereocenters. The second-order valence-corrected chi connectivity index (χ2v) is 7.18. The van der Waals surface area contributed by atoms with Gasteiger partial charge in [0.2, 0.25) is 5.95 Å². The zero-order valence-electron chi connectivity index (χ0n) is 16.5. The zero-order chi connectivity index (χ0) is 19.4. The third-order valence-electron chi connectivity index (χ3n) is 4.92. The molecule has 2 heterocycles. The van der Waals surface area contributed by atoms with Crippen LogP contribution in [-0.4, -0.2) is 43.2 Å². The first-order valence-electron chi connectivity index (χ1n) is 9.39. The molecule has 0 saturated carbocycles. The van der Waals surface area contributed by atoms with Gasteiger partial charge in [-0.1, -0.05) is 12.1 Å². The average molecular weight is 368 g/mol. The molecule has 0 spiro atoms. The van der Waals surface area contributed by atoms with Crippen LogP contribution in [0, 0.1) is 13.8 Å². The Morgan fingerprint density at radius 1 is 1.07 bits per heavy atom. The molecule has 1 fully saturated rings. The van der Waals surface area contributed by atoms with E-state index in [1.165, 1.54) is 19.3 Å². The van der Waals surface area contributed by atoms with E-state index in [9.17, 15) is 4.79 Å². The van der Waals surface area contributed by atoms with Crippen LogP contribution in [0.5, 0.6) is 0 Å². The summed E-state index contributed by atoms with van der Waals surface area (Å²) in [6, 6.07) is 5.54. The summed E-state index contributed by atoms with van der Waals surface area (Å²) in [4.78, 5) is 25.8. The van der Waals surface area contributed by atoms with Crippen molar-refractivity contribution >= 4 is 29.2 Å². The summed E-state index contributed by atoms with van der Waals surface area (Å²) in [5.74, 6) is 1.42. The number of amides is 2. The lowest BCUT2D eigenvalue weighted by Crippen LogP contribution is -2.31. The number of hydrogen-bond acceptors (Lipinski definition) is 5. The Bertz CT molecular complexity index is 814. The largest absolute Gasteiger partial charge is 0.361 e. The maximum absolute atomic E-state index is 12.5. The highest BCUT2D eigenvalue weighted by atomic mass is 16.2. The number of nitrogens with one attached hydrogen (secondary N) is 2. The summed E-state index contributed by atoms with van der Waals surface area (Å²) in [7, 11) is 3.83. The Morgan fingerprint density at radius 3 is 2.48 bits per heavy atom. The minimum Gasteiger partial charge on any atom is -0.361 e. The molecule has 2 aromatic rings. The highest BCUT2D eigenvalue weighted by Gasteiger charge is 2.18. The van der Waals surface area contributed by atoms with E-state index in [4.69, 9.17) is 0 Å². The van der Waals surface area contributed by atoms with Crippen LogP contribution in [0.3, 0.4) is 0 Å². The Morgan fingerprint density at radius 2 is 1.78 bits per heavy atom. The molecule has 2 amide bonds. The Labute approximate surface area is 160 Å². The summed E-state index contributed by atoms with van der Waals surface area (Å²) in [5, 5.41) is 5.79. The Hall–Kier alpha value is -2.83. The normalized spacial score (nSPS) is 14.0. The molecule has 0 unspecified atom stereocenters. The fourth-order valence-corrected chi connectivity index (χ4v) is 3.20. The summed E-state index contributed by atoms with van der Waals surface area (Å²) >= 11 is 0. The smallest absolute Gasteiger partial charge is 0.323 e. The molecule has 1 aliphatic rings. The van der Waals surface area contributed by atoms with Crippen molar-refractivity contribution in [1.82, 2.24) is 9.97 Å². The molecular weight excluding hydrogens is 340 g/mol. The van der Waals surface area contributed by atoms with Gasteiger partial charge in [0.15, 0.2) is 5.82 Å². The van der Waals surface area contributed by atoms with Crippen LogP contribution >= 0.6 is 0 Å². The van der Waals surface area contributed by atoms with Gasteiger partial charge in [0.1, 0.15) is 5.69 Å². The van der Waals surface area contributed by atoms with E-state index in [1.807, 2.05) is 51.0 Å². The van der Waals surface area contributed by atoms with E-state index >= 15 is 0 Å². The first-order valence-corrected chi connectivity index (χ1v) is 9.39. The van der Waals surface area contributed by atoms with E-state index in [-0.39, 0.29) is 6.03 Å². The van der Waals surface area contributed by atoms with E-state index in [0.29, 0.717) is 11.5 Å². The van der Waals surface area contributed by atoms with E-state index in [0.717, 1.165) is 35.9 Å². The van der Waals surface area contributed by atoms with Gasteiger partial charge in [-0.25, -0.2) is 9.78 Å². The number of urea groups is 1. The molecule has 0 aliphatic carbocycles. The molecule has 1 aliphatic heterocycles. The van der Waals surface area contributed by atoms with Gasteiger partial charge in [0.05, 0.1) is 6.20 Å². The van der Waals surface area contributed by atoms with Crippen LogP contribution in [-0.2, 0) is 0 Å². The van der Waals surface area contributed by atoms with Crippen LogP contribution in [0.2, 0.25) is 0 Å². The van der Waals surface area contributed by atoms with Crippen LogP contribution in [0.4, 0.5) is 27.9 Å². The van der Waals surface area contributed by atoms with Crippen molar-refractivity contribution in [3.05, 3.63) is 35.5 Å². The molecule has 144 valence electrons. The summed E-state index contributed by atoms with van der Waals surface area (Å²) < 4.78 is 0. The lowest BCUT2D eigenvalue weighted by Gasteiger charge is -2.28. The zero-order valence-corrected chi connectivity index (χ0v) is 16.5. The molecule has 1 aromatic carbocycles. The van der Waals surface area contributed by atoms with Crippen molar-refractivity contribution in [3.8, 4) is 0 Å². The van der Waals surface area contributed by atoms with Crippen molar-refractivity contribution in [2.24, 2.45) is 0 Å². The molecule has 0 radical (unpaired) electrons. The lowest BCUT2D eigenvalue weighted by molar-refractivity contribution is 0.262. The highest BCUT2D eigenvalue weighted by Crippen LogP contribution is 2.26. The number of hydrogen-bond donors (Lipinski definition) is 2. The fourth-order valence-electron chi connectivity index (χ4n) is 3.20. The van der Waals surface area contributed by atoms with Crippen molar-refractivity contribution in [1.29, 1.82) is 0 Å². The van der Waals surface area contributed by atoms with Gasteiger partial charge in [-0.15, -0.1) is 0 Å². The Balaban J connectivity index is 1.77. The lowest BCUT2D eigenvalue weighted by atomic mass is 10.1. The minimum atomic E-state index is -0.305. The first kappa shape index (κ1) is 18.9. The van der Waals surface area contributed by atoms with Crippen LogP contribution in [0.15, 0.2) is 24.4 Å². The fraction of sp³-hybridized carbons (Fsp3) is 0.450. The number of carbonyl (C=O) groups excluding carboxylic acids is 1. The highest BCUT2D eigenvalue weighted by molar-refractivity contribution is 6.01. The van der Waals surface area contributed by atoms with Gasteiger partial charge < -0.3 is 20.4 Å². The summed E-state index contributed by atoms with van der Waals surface area (Å²) in [6.07, 6.45) is 5.28. The quantitative estimate of drug-likeness (QED) is 0.859. The third kappa shape index (κ3) is 4.48. The number of benzene rings is 1. The molecule has 0 bridgehead atoms. The molecule has 7 heteroatoms. The molecule has 27 heavy (non-hydrogen) atoms. The van der Waals surface area contributed by atoms with Gasteiger partial charge in [-0.2, -0.15) is 4.98 Å². The number of aromatic nitrogens is 2. The van der Waals surface area contributed by atoms with E-state index < -0.39 is 0 Å². The molecule has 1 aromatic heterocycles. The predicted octanol–water partition coefficient (Wildman–Crippen LogP) is 3.79. The number of anilines is 4. The average Bonchev–Trinajstić information content (AvgIpc) is 2.66. The van der Waals surface area contributed by atoms with E-state index in [1.54, 1.807) is 6.20 Å². The second-order valence-electron chi connectivity index (χ2n) is 7.18. The molecule has 3 rings (SSSR count). The first-order chi connectivity index (χ1) is 13.0. The van der Waals surface area contributed by atoms with Gasteiger partial charge in [0.25, 0.3) is 0 Å². The number of nitrogens with zero attached hydrogens (tertiary/aromatic N) is 4. The molecule has 1 saturated heterocycles. The van der Waals surface area contributed by atoms with Gasteiger partial charge >= 0.3 is 6.03 Å². The van der Waals surface area contributed by atoms with E-state index in [2.05, 4.69) is 25.5 Å². The predicted molar refractivity (Wildman–Crippen MR) is 111 cm³/mol. The number of rotatable bonds is 4. The Kier molecular flexibility index (Phi) is 5.78. The standard InChI is InChI=1S/C20H28N6O/c1-14-9-8-10-16(15(14)2)22-20(27)23-17-13-21-19(24-18(17)25(3)4)26-11-6-5-7-12-26/h8-10,13H,5-7,11-12H2,1-4H3,(H2,22,23,27). The number of aryl methyl sites for hydroxylation is 1. The number of carbonyl (C=O) groups is 1. The monoisotopic (exact) mass is 368 g/mol. The maximum Gasteiger partial charge on any atom is 0.323 e. The number of piperidine rings is 1. The second kappa shape index (κ2) is 8.24. The minimum absolute atomic E-state index is 0.305. The van der Waals surface area contributed by atoms with Crippen LogP contribution in [0.25, 0.3) is 0 Å². The SMILES string of the molecule is Cc1cccc(NC(=O)Nc2cnc(N3CCCCC3)nc2N(C)C)c1C. The maximum atomic E-state index is 12.5. The summed E-state index contributed by atoms with van der Waals surface area (Å²) in [6.45, 7) is 5.97. The topological polar surface area (TPSA) is 73.4 Å². The summed E-state index contributed by atoms with van der Waals surface area (Å²) in [5.41, 5.74) is 3.57. The van der Waals surface area contributed by atoms with Crippen LogP contribution in [0.1, 0.15) is 30.4 Å². The molecule has 2 N–H and O–H groups in total. The van der Waals surface area contributed by atoms with Crippen molar-refractivity contribution < 1.29 is 4.79 Å². The third-order valence-corrected chi connectivity index (χ3v) is 4.92. The van der Waals surface area contributed by atoms with Gasteiger partial charge in [0, 0.05) is 32.9 Å². The molecule has 7 nitrogen and oxygen atoms in total. The van der Waals surface area contributed by atoms with Crippen LogP contribution < -0.4 is 20.4 Å². The van der Waals surface area contributed by atoms with Crippen molar-refractivity contribution in [2.75, 3.05) is 47.6 Å². The van der Waals surface area contributed by atoms with Crippen molar-refractivity contribution in [3.63, 3.8) is 0 Å². The molecular formula is C20H28N6O. The van der Waals surface area contributed by atoms with Crippen molar-refractivity contribution in [2.45, 2.75) is 33.1 Å².